The Bertz CT molecular complexity index is 664. The van der Waals surface area contributed by atoms with Gasteiger partial charge < -0.3 is 19.6 Å². The van der Waals surface area contributed by atoms with Crippen LogP contribution in [0.15, 0.2) is 12.1 Å². The molecule has 7 heteroatoms. The summed E-state index contributed by atoms with van der Waals surface area (Å²) in [6.45, 7) is 1.70. The smallest absolute Gasteiger partial charge is 0.407 e. The Morgan fingerprint density at radius 1 is 1.38 bits per heavy atom. The monoisotopic (exact) mass is 352 g/mol. The highest BCUT2D eigenvalue weighted by atomic mass is 35.5. The second-order valence-electron chi connectivity index (χ2n) is 6.26. The van der Waals surface area contributed by atoms with E-state index < -0.39 is 6.09 Å². The second-order valence-corrected chi connectivity index (χ2v) is 6.70. The Labute approximate surface area is 145 Å². The third kappa shape index (κ3) is 3.21. The Morgan fingerprint density at radius 3 is 2.88 bits per heavy atom. The van der Waals surface area contributed by atoms with Gasteiger partial charge in [0.1, 0.15) is 6.61 Å². The average Bonchev–Trinajstić information content (AvgIpc) is 3.03. The van der Waals surface area contributed by atoms with Crippen molar-refractivity contribution < 1.29 is 19.4 Å². The number of hydrogen-bond acceptors (Lipinski definition) is 3. The highest BCUT2D eigenvalue weighted by molar-refractivity contribution is 6.30. The maximum Gasteiger partial charge on any atom is 0.407 e. The van der Waals surface area contributed by atoms with Gasteiger partial charge in [0.2, 0.25) is 5.91 Å². The molecule has 1 aromatic carbocycles. The van der Waals surface area contributed by atoms with Crippen LogP contribution in [0.4, 0.5) is 4.79 Å². The van der Waals surface area contributed by atoms with Gasteiger partial charge in [-0.3, -0.25) is 4.79 Å². The molecule has 2 aliphatic rings. The molecule has 1 aromatic rings. The van der Waals surface area contributed by atoms with Crippen LogP contribution in [0.1, 0.15) is 35.6 Å². The molecule has 0 spiro atoms. The molecule has 24 heavy (non-hydrogen) atoms. The fraction of sp³-hybridized carbons (Fsp3) is 0.529. The molecule has 0 aliphatic carbocycles. The predicted molar refractivity (Wildman–Crippen MR) is 89.2 cm³/mol. The number of benzene rings is 1. The number of ether oxygens (including phenoxy) is 1. The van der Waals surface area contributed by atoms with Crippen LogP contribution in [0, 0.1) is 0 Å². The molecule has 1 fully saturated rings. The van der Waals surface area contributed by atoms with Gasteiger partial charge in [0.15, 0.2) is 0 Å². The molecule has 0 aromatic heterocycles. The number of methoxy groups -OCH3 is 1. The summed E-state index contributed by atoms with van der Waals surface area (Å²) in [7, 11) is 1.50. The summed E-state index contributed by atoms with van der Waals surface area (Å²) < 4.78 is 4.94. The van der Waals surface area contributed by atoms with Crippen LogP contribution < -0.4 is 0 Å². The van der Waals surface area contributed by atoms with Gasteiger partial charge in [0.25, 0.3) is 0 Å². The molecule has 2 heterocycles. The van der Waals surface area contributed by atoms with E-state index in [-0.39, 0.29) is 18.6 Å². The topological polar surface area (TPSA) is 70.1 Å². The van der Waals surface area contributed by atoms with Crippen molar-refractivity contribution >= 4 is 23.6 Å². The SMILES string of the molecule is COCC(=O)N1CCc2cc(Cl)cc([C@@H]3CCCN3C(=O)O)c2C1. The molecule has 2 amide bonds. The van der Waals surface area contributed by atoms with Crippen molar-refractivity contribution in [2.45, 2.75) is 31.8 Å². The first-order chi connectivity index (χ1) is 11.5. The lowest BCUT2D eigenvalue weighted by Gasteiger charge is -2.33. The number of halogens is 1. The van der Waals surface area contributed by atoms with Crippen LogP contribution in [0.25, 0.3) is 0 Å². The first-order valence-corrected chi connectivity index (χ1v) is 8.46. The van der Waals surface area contributed by atoms with Crippen LogP contribution >= 0.6 is 11.6 Å². The standard InChI is InChI=1S/C17H21ClN2O4/c1-24-10-16(21)19-6-4-11-7-12(18)8-13(14(11)9-19)15-3-2-5-20(15)17(22)23/h7-8,15H,2-6,9-10H2,1H3,(H,22,23)/t15-/m0/s1. The van der Waals surface area contributed by atoms with Gasteiger partial charge in [0, 0.05) is 31.8 Å². The van der Waals surface area contributed by atoms with E-state index in [1.807, 2.05) is 12.1 Å². The summed E-state index contributed by atoms with van der Waals surface area (Å²) in [6, 6.07) is 3.60. The summed E-state index contributed by atoms with van der Waals surface area (Å²) in [5, 5.41) is 10.1. The minimum Gasteiger partial charge on any atom is -0.465 e. The van der Waals surface area contributed by atoms with Gasteiger partial charge in [-0.2, -0.15) is 0 Å². The van der Waals surface area contributed by atoms with Gasteiger partial charge in [-0.25, -0.2) is 4.79 Å². The molecule has 2 aliphatic heterocycles. The largest absolute Gasteiger partial charge is 0.465 e. The fourth-order valence-electron chi connectivity index (χ4n) is 3.70. The van der Waals surface area contributed by atoms with E-state index in [9.17, 15) is 14.7 Å². The van der Waals surface area contributed by atoms with Gasteiger partial charge in [-0.1, -0.05) is 11.6 Å². The summed E-state index contributed by atoms with van der Waals surface area (Å²) in [6.07, 6.45) is 1.43. The highest BCUT2D eigenvalue weighted by Crippen LogP contribution is 2.38. The van der Waals surface area contributed by atoms with Crippen LogP contribution in [-0.2, 0) is 22.5 Å². The van der Waals surface area contributed by atoms with Crippen molar-refractivity contribution in [2.24, 2.45) is 0 Å². The molecule has 0 saturated carbocycles. The summed E-state index contributed by atoms with van der Waals surface area (Å²) >= 11 is 6.27. The normalized spacial score (nSPS) is 20.2. The molecular formula is C17H21ClN2O4. The minimum absolute atomic E-state index is 0.0504. The minimum atomic E-state index is -0.908. The first kappa shape index (κ1) is 17.0. The van der Waals surface area contributed by atoms with Crippen LogP contribution in [-0.4, -0.2) is 53.7 Å². The second kappa shape index (κ2) is 6.99. The number of amides is 2. The maximum atomic E-state index is 12.2. The number of rotatable bonds is 3. The average molecular weight is 353 g/mol. The van der Waals surface area contributed by atoms with E-state index in [0.717, 1.165) is 36.0 Å². The van der Waals surface area contributed by atoms with Gasteiger partial charge >= 0.3 is 6.09 Å². The van der Waals surface area contributed by atoms with Crippen LogP contribution in [0.2, 0.25) is 5.02 Å². The van der Waals surface area contributed by atoms with Gasteiger partial charge in [-0.15, -0.1) is 0 Å². The van der Waals surface area contributed by atoms with Gasteiger partial charge in [-0.05, 0) is 48.1 Å². The predicted octanol–water partition coefficient (Wildman–Crippen LogP) is 2.69. The van der Waals surface area contributed by atoms with Crippen molar-refractivity contribution in [3.8, 4) is 0 Å². The lowest BCUT2D eigenvalue weighted by Crippen LogP contribution is -2.39. The third-order valence-electron chi connectivity index (χ3n) is 4.82. The molecule has 6 nitrogen and oxygen atoms in total. The number of carbonyl (C=O) groups excluding carboxylic acids is 1. The number of carbonyl (C=O) groups is 2. The van der Waals surface area contributed by atoms with Crippen molar-refractivity contribution in [3.63, 3.8) is 0 Å². The lowest BCUT2D eigenvalue weighted by molar-refractivity contribution is -0.136. The molecule has 130 valence electrons. The molecule has 1 saturated heterocycles. The quantitative estimate of drug-likeness (QED) is 0.908. The maximum absolute atomic E-state index is 12.2. The van der Waals surface area contributed by atoms with E-state index in [1.165, 1.54) is 12.0 Å². The molecule has 0 radical (unpaired) electrons. The van der Waals surface area contributed by atoms with Crippen LogP contribution in [0.3, 0.4) is 0 Å². The molecular weight excluding hydrogens is 332 g/mol. The Kier molecular flexibility index (Phi) is 4.96. The summed E-state index contributed by atoms with van der Waals surface area (Å²) in [5.74, 6) is -0.0504. The zero-order valence-electron chi connectivity index (χ0n) is 13.6. The van der Waals surface area contributed by atoms with Crippen molar-refractivity contribution in [1.29, 1.82) is 0 Å². The Hall–Kier alpha value is -1.79. The van der Waals surface area contributed by atoms with E-state index in [0.29, 0.717) is 24.7 Å². The number of hydrogen-bond donors (Lipinski definition) is 1. The Morgan fingerprint density at radius 2 is 2.17 bits per heavy atom. The van der Waals surface area contributed by atoms with Gasteiger partial charge in [0.05, 0.1) is 6.04 Å². The van der Waals surface area contributed by atoms with Crippen molar-refractivity contribution in [2.75, 3.05) is 26.8 Å². The summed E-state index contributed by atoms with van der Waals surface area (Å²) in [5.41, 5.74) is 3.08. The zero-order valence-corrected chi connectivity index (χ0v) is 14.4. The fourth-order valence-corrected chi connectivity index (χ4v) is 3.95. The lowest BCUT2D eigenvalue weighted by atomic mass is 9.90. The molecule has 0 unspecified atom stereocenters. The van der Waals surface area contributed by atoms with Crippen LogP contribution in [0.5, 0.6) is 0 Å². The number of fused-ring (bicyclic) bond motifs is 1. The Balaban J connectivity index is 1.95. The van der Waals surface area contributed by atoms with E-state index >= 15 is 0 Å². The molecule has 0 bridgehead atoms. The number of likely N-dealkylation sites (tertiary alicyclic amines) is 1. The molecule has 3 rings (SSSR count). The zero-order chi connectivity index (χ0) is 17.3. The van der Waals surface area contributed by atoms with Crippen molar-refractivity contribution in [3.05, 3.63) is 33.8 Å². The van der Waals surface area contributed by atoms with E-state index in [1.54, 1.807) is 4.90 Å². The van der Waals surface area contributed by atoms with E-state index in [2.05, 4.69) is 0 Å². The third-order valence-corrected chi connectivity index (χ3v) is 5.04. The highest BCUT2D eigenvalue weighted by Gasteiger charge is 2.33. The first-order valence-electron chi connectivity index (χ1n) is 8.08. The number of carboxylic acid groups (broad SMARTS) is 1. The van der Waals surface area contributed by atoms with E-state index in [4.69, 9.17) is 16.3 Å². The van der Waals surface area contributed by atoms with Crippen molar-refractivity contribution in [1.82, 2.24) is 9.80 Å². The summed E-state index contributed by atoms with van der Waals surface area (Å²) in [4.78, 5) is 26.9. The molecule has 1 atom stereocenters. The number of nitrogens with zero attached hydrogens (tertiary/aromatic N) is 2. The molecule has 1 N–H and O–H groups in total.